The van der Waals surface area contributed by atoms with Gasteiger partial charge in [0.1, 0.15) is 5.75 Å². The molecule has 112 valence electrons. The van der Waals surface area contributed by atoms with Crippen molar-refractivity contribution in [2.24, 2.45) is 0 Å². The summed E-state index contributed by atoms with van der Waals surface area (Å²) in [5, 5.41) is 3.20. The standard InChI is InChI=1S/C17H19F2NO/c1-11-7-8-16(21-3)14(9-11)12(2)20-10-13-5-4-6-15(18)17(13)19/h4-9,12,20H,10H2,1-3H3. The third-order valence-electron chi connectivity index (χ3n) is 3.48. The topological polar surface area (TPSA) is 21.3 Å². The molecule has 0 radical (unpaired) electrons. The van der Waals surface area contributed by atoms with Crippen molar-refractivity contribution in [3.63, 3.8) is 0 Å². The van der Waals surface area contributed by atoms with Crippen LogP contribution in [0.5, 0.6) is 5.75 Å². The first-order valence-corrected chi connectivity index (χ1v) is 6.83. The maximum Gasteiger partial charge on any atom is 0.163 e. The average molecular weight is 291 g/mol. The van der Waals surface area contributed by atoms with Gasteiger partial charge in [0.2, 0.25) is 0 Å². The molecule has 0 saturated heterocycles. The molecular formula is C17H19F2NO. The number of aryl methyl sites for hydroxylation is 1. The van der Waals surface area contributed by atoms with Crippen molar-refractivity contribution in [1.29, 1.82) is 0 Å². The van der Waals surface area contributed by atoms with Gasteiger partial charge in [-0.15, -0.1) is 0 Å². The number of benzene rings is 2. The van der Waals surface area contributed by atoms with Crippen LogP contribution in [0.4, 0.5) is 8.78 Å². The van der Waals surface area contributed by atoms with E-state index < -0.39 is 11.6 Å². The monoisotopic (exact) mass is 291 g/mol. The van der Waals surface area contributed by atoms with Gasteiger partial charge in [0, 0.05) is 23.7 Å². The summed E-state index contributed by atoms with van der Waals surface area (Å²) in [4.78, 5) is 0. The average Bonchev–Trinajstić information content (AvgIpc) is 2.48. The largest absolute Gasteiger partial charge is 0.496 e. The van der Waals surface area contributed by atoms with Gasteiger partial charge in [0.15, 0.2) is 11.6 Å². The minimum absolute atomic E-state index is 0.0393. The van der Waals surface area contributed by atoms with E-state index >= 15 is 0 Å². The first-order chi connectivity index (χ1) is 10.0. The minimum Gasteiger partial charge on any atom is -0.496 e. The van der Waals surface area contributed by atoms with Crippen LogP contribution in [0, 0.1) is 18.6 Å². The van der Waals surface area contributed by atoms with Gasteiger partial charge in [-0.05, 0) is 26.0 Å². The van der Waals surface area contributed by atoms with Gasteiger partial charge in [0.05, 0.1) is 7.11 Å². The van der Waals surface area contributed by atoms with Crippen molar-refractivity contribution >= 4 is 0 Å². The lowest BCUT2D eigenvalue weighted by Crippen LogP contribution is -2.19. The van der Waals surface area contributed by atoms with E-state index in [4.69, 9.17) is 4.74 Å². The van der Waals surface area contributed by atoms with Crippen LogP contribution in [0.3, 0.4) is 0 Å². The van der Waals surface area contributed by atoms with Crippen LogP contribution >= 0.6 is 0 Å². The number of hydrogen-bond acceptors (Lipinski definition) is 2. The molecule has 0 aliphatic heterocycles. The third kappa shape index (κ3) is 3.58. The van der Waals surface area contributed by atoms with Crippen LogP contribution in [0.1, 0.15) is 29.7 Å². The number of rotatable bonds is 5. The molecule has 1 atom stereocenters. The molecule has 1 unspecified atom stereocenters. The molecule has 2 aromatic rings. The Morgan fingerprint density at radius 2 is 1.95 bits per heavy atom. The van der Waals surface area contributed by atoms with Gasteiger partial charge >= 0.3 is 0 Å². The Labute approximate surface area is 123 Å². The van der Waals surface area contributed by atoms with Crippen molar-refractivity contribution < 1.29 is 13.5 Å². The van der Waals surface area contributed by atoms with Crippen molar-refractivity contribution in [3.05, 3.63) is 64.7 Å². The minimum atomic E-state index is -0.824. The molecule has 0 heterocycles. The fourth-order valence-electron chi connectivity index (χ4n) is 2.25. The quantitative estimate of drug-likeness (QED) is 0.894. The molecule has 0 fully saturated rings. The van der Waals surface area contributed by atoms with Gasteiger partial charge in [-0.2, -0.15) is 0 Å². The summed E-state index contributed by atoms with van der Waals surface area (Å²) in [6.07, 6.45) is 0. The van der Waals surface area contributed by atoms with Gasteiger partial charge in [-0.1, -0.05) is 29.8 Å². The predicted molar refractivity (Wildman–Crippen MR) is 79.3 cm³/mol. The first kappa shape index (κ1) is 15.4. The second-order valence-corrected chi connectivity index (χ2v) is 5.06. The van der Waals surface area contributed by atoms with Crippen LogP contribution in [-0.4, -0.2) is 7.11 Å². The van der Waals surface area contributed by atoms with E-state index in [9.17, 15) is 8.78 Å². The molecule has 0 saturated carbocycles. The molecule has 0 amide bonds. The normalized spacial score (nSPS) is 12.2. The second kappa shape index (κ2) is 6.68. The van der Waals surface area contributed by atoms with E-state index in [1.54, 1.807) is 13.2 Å². The summed E-state index contributed by atoms with van der Waals surface area (Å²) in [6, 6.07) is 10.1. The van der Waals surface area contributed by atoms with E-state index in [2.05, 4.69) is 5.32 Å². The molecule has 0 aliphatic carbocycles. The fourth-order valence-corrected chi connectivity index (χ4v) is 2.25. The Bertz CT molecular complexity index is 628. The van der Waals surface area contributed by atoms with Gasteiger partial charge in [-0.3, -0.25) is 0 Å². The number of hydrogen-bond donors (Lipinski definition) is 1. The van der Waals surface area contributed by atoms with Gasteiger partial charge in [0.25, 0.3) is 0 Å². The predicted octanol–water partition coefficient (Wildman–Crippen LogP) is 4.13. The highest BCUT2D eigenvalue weighted by molar-refractivity contribution is 5.39. The molecular weight excluding hydrogens is 272 g/mol. The van der Waals surface area contributed by atoms with E-state index in [1.165, 1.54) is 6.07 Å². The van der Waals surface area contributed by atoms with Crippen molar-refractivity contribution in [1.82, 2.24) is 5.32 Å². The molecule has 2 rings (SSSR count). The summed E-state index contributed by atoms with van der Waals surface area (Å²) in [5.41, 5.74) is 2.43. The van der Waals surface area contributed by atoms with E-state index in [0.29, 0.717) is 5.56 Å². The third-order valence-corrected chi connectivity index (χ3v) is 3.48. The molecule has 4 heteroatoms. The lowest BCUT2D eigenvalue weighted by Gasteiger charge is -2.18. The van der Waals surface area contributed by atoms with Gasteiger partial charge in [-0.25, -0.2) is 8.78 Å². The lowest BCUT2D eigenvalue weighted by atomic mass is 10.0. The van der Waals surface area contributed by atoms with Crippen LogP contribution in [-0.2, 0) is 6.54 Å². The zero-order chi connectivity index (χ0) is 15.4. The number of halogens is 2. The highest BCUT2D eigenvalue weighted by atomic mass is 19.2. The van der Waals surface area contributed by atoms with E-state index in [-0.39, 0.29) is 12.6 Å². The van der Waals surface area contributed by atoms with Crippen LogP contribution in [0.2, 0.25) is 0 Å². The molecule has 1 N–H and O–H groups in total. The Kier molecular flexibility index (Phi) is 4.91. The number of methoxy groups -OCH3 is 1. The number of ether oxygens (including phenoxy) is 1. The molecule has 2 aromatic carbocycles. The maximum atomic E-state index is 13.6. The Balaban J connectivity index is 2.13. The van der Waals surface area contributed by atoms with Crippen LogP contribution in [0.25, 0.3) is 0 Å². The zero-order valence-corrected chi connectivity index (χ0v) is 12.4. The van der Waals surface area contributed by atoms with Crippen molar-refractivity contribution in [2.75, 3.05) is 7.11 Å². The summed E-state index contributed by atoms with van der Waals surface area (Å²) in [6.45, 7) is 4.22. The molecule has 0 spiro atoms. The summed E-state index contributed by atoms with van der Waals surface area (Å²) in [7, 11) is 1.62. The maximum absolute atomic E-state index is 13.6. The zero-order valence-electron chi connectivity index (χ0n) is 12.4. The summed E-state index contributed by atoms with van der Waals surface area (Å²) >= 11 is 0. The van der Waals surface area contributed by atoms with E-state index in [0.717, 1.165) is 22.9 Å². The Morgan fingerprint density at radius 1 is 1.19 bits per heavy atom. The van der Waals surface area contributed by atoms with Crippen molar-refractivity contribution in [3.8, 4) is 5.75 Å². The Hall–Kier alpha value is -1.94. The summed E-state index contributed by atoms with van der Waals surface area (Å²) < 4.78 is 32.1. The molecule has 21 heavy (non-hydrogen) atoms. The summed E-state index contributed by atoms with van der Waals surface area (Å²) in [5.74, 6) is -0.844. The highest BCUT2D eigenvalue weighted by Gasteiger charge is 2.13. The molecule has 0 aliphatic rings. The lowest BCUT2D eigenvalue weighted by molar-refractivity contribution is 0.400. The SMILES string of the molecule is COc1ccc(C)cc1C(C)NCc1cccc(F)c1F. The molecule has 2 nitrogen and oxygen atoms in total. The van der Waals surface area contributed by atoms with Crippen LogP contribution < -0.4 is 10.1 Å². The molecule has 0 bridgehead atoms. The fraction of sp³-hybridized carbons (Fsp3) is 0.294. The highest BCUT2D eigenvalue weighted by Crippen LogP contribution is 2.26. The number of nitrogens with one attached hydrogen (secondary N) is 1. The van der Waals surface area contributed by atoms with Crippen molar-refractivity contribution in [2.45, 2.75) is 26.4 Å². The van der Waals surface area contributed by atoms with Crippen LogP contribution in [0.15, 0.2) is 36.4 Å². The molecule has 0 aromatic heterocycles. The Morgan fingerprint density at radius 3 is 2.67 bits per heavy atom. The second-order valence-electron chi connectivity index (χ2n) is 5.06. The van der Waals surface area contributed by atoms with E-state index in [1.807, 2.05) is 32.0 Å². The first-order valence-electron chi connectivity index (χ1n) is 6.83. The van der Waals surface area contributed by atoms with Gasteiger partial charge < -0.3 is 10.1 Å². The smallest absolute Gasteiger partial charge is 0.163 e.